The number of benzene rings is 1. The zero-order valence-electron chi connectivity index (χ0n) is 11.7. The molecular formula is C15H21N3O2. The number of hydrogen-bond acceptors (Lipinski definition) is 4. The lowest BCUT2D eigenvalue weighted by molar-refractivity contribution is 0.300. The summed E-state index contributed by atoms with van der Waals surface area (Å²) in [6.07, 6.45) is 5.18. The maximum absolute atomic E-state index is 11.2. The molecule has 5 nitrogen and oxygen atoms in total. The minimum atomic E-state index is -0.446. The van der Waals surface area contributed by atoms with Gasteiger partial charge in [-0.3, -0.25) is 4.98 Å². The second kappa shape index (κ2) is 5.23. The monoisotopic (exact) mass is 275 g/mol. The van der Waals surface area contributed by atoms with Crippen LogP contribution in [0.4, 0.5) is 11.4 Å². The van der Waals surface area contributed by atoms with Gasteiger partial charge in [0, 0.05) is 12.6 Å². The van der Waals surface area contributed by atoms with E-state index in [2.05, 4.69) is 17.2 Å². The fourth-order valence-electron chi connectivity index (χ4n) is 2.95. The molecule has 1 saturated carbocycles. The Bertz CT molecular complexity index is 651. The summed E-state index contributed by atoms with van der Waals surface area (Å²) < 4.78 is 4.99. The van der Waals surface area contributed by atoms with Gasteiger partial charge in [-0.15, -0.1) is 0 Å². The van der Waals surface area contributed by atoms with Gasteiger partial charge in [0.05, 0.1) is 16.9 Å². The van der Waals surface area contributed by atoms with Crippen molar-refractivity contribution in [2.45, 2.75) is 32.6 Å². The summed E-state index contributed by atoms with van der Waals surface area (Å²) in [5, 5.41) is 3.41. The molecule has 108 valence electrons. The van der Waals surface area contributed by atoms with Gasteiger partial charge < -0.3 is 15.5 Å². The number of hydrogen-bond donors (Lipinski definition) is 3. The van der Waals surface area contributed by atoms with E-state index in [9.17, 15) is 4.79 Å². The standard InChI is InChI=1S/C15H21N3O2/c1-9-2-4-10(5-3-9)8-17-12-7-13-14(6-11(12)16)20-15(19)18-13/h6-7,9-10,17H,2-5,8,16H2,1H3,(H,18,19). The fraction of sp³-hybridized carbons (Fsp3) is 0.533. The second-order valence-electron chi connectivity index (χ2n) is 5.96. The maximum Gasteiger partial charge on any atom is 0.417 e. The molecule has 2 aromatic rings. The van der Waals surface area contributed by atoms with Crippen LogP contribution in [-0.4, -0.2) is 11.5 Å². The maximum atomic E-state index is 11.2. The molecule has 1 fully saturated rings. The molecule has 3 rings (SSSR count). The molecule has 0 aliphatic heterocycles. The zero-order chi connectivity index (χ0) is 14.1. The topological polar surface area (TPSA) is 84.0 Å². The van der Waals surface area contributed by atoms with E-state index >= 15 is 0 Å². The van der Waals surface area contributed by atoms with Crippen molar-refractivity contribution in [1.29, 1.82) is 0 Å². The molecule has 20 heavy (non-hydrogen) atoms. The van der Waals surface area contributed by atoms with Gasteiger partial charge in [-0.1, -0.05) is 19.8 Å². The number of aromatic nitrogens is 1. The first-order valence-electron chi connectivity index (χ1n) is 7.28. The van der Waals surface area contributed by atoms with Crippen LogP contribution in [0.5, 0.6) is 0 Å². The Morgan fingerprint density at radius 3 is 2.85 bits per heavy atom. The van der Waals surface area contributed by atoms with Gasteiger partial charge in [0.15, 0.2) is 5.58 Å². The first-order chi connectivity index (χ1) is 9.61. The summed E-state index contributed by atoms with van der Waals surface area (Å²) in [6.45, 7) is 3.26. The SMILES string of the molecule is CC1CCC(CNc2cc3[nH]c(=O)oc3cc2N)CC1. The summed E-state index contributed by atoms with van der Waals surface area (Å²) in [7, 11) is 0. The number of nitrogens with two attached hydrogens (primary N) is 1. The Kier molecular flexibility index (Phi) is 3.42. The normalized spacial score (nSPS) is 23.1. The molecule has 0 bridgehead atoms. The van der Waals surface area contributed by atoms with Crippen LogP contribution in [0.25, 0.3) is 11.1 Å². The van der Waals surface area contributed by atoms with Crippen molar-refractivity contribution < 1.29 is 4.42 Å². The van der Waals surface area contributed by atoms with E-state index in [1.807, 2.05) is 6.07 Å². The number of nitrogens with one attached hydrogen (secondary N) is 2. The molecule has 0 radical (unpaired) electrons. The van der Waals surface area contributed by atoms with Gasteiger partial charge >= 0.3 is 5.76 Å². The Balaban J connectivity index is 1.70. The third-order valence-corrected chi connectivity index (χ3v) is 4.31. The number of oxazole rings is 1. The largest absolute Gasteiger partial charge is 0.417 e. The van der Waals surface area contributed by atoms with Gasteiger partial charge in [0.2, 0.25) is 0 Å². The molecule has 0 unspecified atom stereocenters. The van der Waals surface area contributed by atoms with E-state index in [4.69, 9.17) is 10.2 Å². The average Bonchev–Trinajstić information content (AvgIpc) is 2.77. The molecule has 0 atom stereocenters. The van der Waals surface area contributed by atoms with Crippen molar-refractivity contribution in [2.24, 2.45) is 11.8 Å². The van der Waals surface area contributed by atoms with Crippen molar-refractivity contribution >= 4 is 22.5 Å². The molecule has 1 aliphatic carbocycles. The number of H-pyrrole nitrogens is 1. The van der Waals surface area contributed by atoms with Crippen LogP contribution in [0.3, 0.4) is 0 Å². The highest BCUT2D eigenvalue weighted by Gasteiger charge is 2.18. The highest BCUT2D eigenvalue weighted by Crippen LogP contribution is 2.30. The number of anilines is 2. The fourth-order valence-corrected chi connectivity index (χ4v) is 2.95. The minimum absolute atomic E-state index is 0.446. The first-order valence-corrected chi connectivity index (χ1v) is 7.28. The summed E-state index contributed by atoms with van der Waals surface area (Å²) in [5.41, 5.74) is 8.67. The highest BCUT2D eigenvalue weighted by molar-refractivity contribution is 5.85. The van der Waals surface area contributed by atoms with Gasteiger partial charge in [0.1, 0.15) is 0 Å². The molecule has 1 aromatic carbocycles. The first kappa shape index (κ1) is 13.1. The lowest BCUT2D eigenvalue weighted by Crippen LogP contribution is -2.20. The lowest BCUT2D eigenvalue weighted by atomic mass is 9.83. The average molecular weight is 275 g/mol. The number of rotatable bonds is 3. The van der Waals surface area contributed by atoms with Crippen molar-refractivity contribution in [3.63, 3.8) is 0 Å². The van der Waals surface area contributed by atoms with Crippen LogP contribution in [0.15, 0.2) is 21.3 Å². The third-order valence-electron chi connectivity index (χ3n) is 4.31. The molecule has 1 aromatic heterocycles. The van der Waals surface area contributed by atoms with E-state index in [1.54, 1.807) is 6.07 Å². The Hall–Kier alpha value is -1.91. The molecule has 1 heterocycles. The van der Waals surface area contributed by atoms with Gasteiger partial charge in [-0.2, -0.15) is 0 Å². The molecular weight excluding hydrogens is 254 g/mol. The Labute approximate surface area is 117 Å². The van der Waals surface area contributed by atoms with Crippen LogP contribution in [0.1, 0.15) is 32.6 Å². The molecule has 0 amide bonds. The second-order valence-corrected chi connectivity index (χ2v) is 5.96. The van der Waals surface area contributed by atoms with Crippen LogP contribution in [-0.2, 0) is 0 Å². The van der Waals surface area contributed by atoms with E-state index < -0.39 is 5.76 Å². The van der Waals surface area contributed by atoms with E-state index in [1.165, 1.54) is 25.7 Å². The molecule has 4 N–H and O–H groups in total. The molecule has 0 saturated heterocycles. The quantitative estimate of drug-likeness (QED) is 0.752. The number of aromatic amines is 1. The molecule has 5 heteroatoms. The highest BCUT2D eigenvalue weighted by atomic mass is 16.4. The minimum Gasteiger partial charge on any atom is -0.408 e. The van der Waals surface area contributed by atoms with E-state index in [0.29, 0.717) is 22.7 Å². The van der Waals surface area contributed by atoms with Crippen LogP contribution in [0.2, 0.25) is 0 Å². The predicted octanol–water partition coefficient (Wildman–Crippen LogP) is 2.94. The summed E-state index contributed by atoms with van der Waals surface area (Å²) in [5.74, 6) is 1.13. The van der Waals surface area contributed by atoms with Crippen LogP contribution < -0.4 is 16.8 Å². The molecule has 1 aliphatic rings. The summed E-state index contributed by atoms with van der Waals surface area (Å²) in [6, 6.07) is 3.54. The van der Waals surface area contributed by atoms with Crippen molar-refractivity contribution in [1.82, 2.24) is 4.98 Å². The van der Waals surface area contributed by atoms with Crippen molar-refractivity contribution in [3.05, 3.63) is 22.7 Å². The van der Waals surface area contributed by atoms with Crippen LogP contribution in [0, 0.1) is 11.8 Å². The van der Waals surface area contributed by atoms with E-state index in [0.717, 1.165) is 18.2 Å². The van der Waals surface area contributed by atoms with Crippen molar-refractivity contribution in [3.8, 4) is 0 Å². The summed E-state index contributed by atoms with van der Waals surface area (Å²) >= 11 is 0. The third kappa shape index (κ3) is 2.66. The summed E-state index contributed by atoms with van der Waals surface area (Å²) in [4.78, 5) is 13.8. The molecule has 0 spiro atoms. The van der Waals surface area contributed by atoms with E-state index in [-0.39, 0.29) is 0 Å². The van der Waals surface area contributed by atoms with Gasteiger partial charge in [-0.05, 0) is 30.7 Å². The van der Waals surface area contributed by atoms with Crippen molar-refractivity contribution in [2.75, 3.05) is 17.6 Å². The van der Waals surface area contributed by atoms with Crippen LogP contribution >= 0.6 is 0 Å². The Morgan fingerprint density at radius 2 is 2.10 bits per heavy atom. The smallest absolute Gasteiger partial charge is 0.408 e. The number of fused-ring (bicyclic) bond motifs is 1. The Morgan fingerprint density at radius 1 is 1.35 bits per heavy atom. The zero-order valence-corrected chi connectivity index (χ0v) is 11.7. The lowest BCUT2D eigenvalue weighted by Gasteiger charge is -2.26. The van der Waals surface area contributed by atoms with Gasteiger partial charge in [0.25, 0.3) is 0 Å². The number of nitrogen functional groups attached to an aromatic ring is 1. The predicted molar refractivity (Wildman–Crippen MR) is 80.9 cm³/mol. The van der Waals surface area contributed by atoms with Gasteiger partial charge in [-0.25, -0.2) is 4.79 Å².